The lowest BCUT2D eigenvalue weighted by Gasteiger charge is -2.23. The summed E-state index contributed by atoms with van der Waals surface area (Å²) in [7, 11) is 1.57. The van der Waals surface area contributed by atoms with Crippen molar-refractivity contribution in [2.45, 2.75) is 58.4 Å². The van der Waals surface area contributed by atoms with Crippen molar-refractivity contribution in [3.05, 3.63) is 65.7 Å². The molecule has 178 valence electrons. The number of hydrogen-bond acceptors (Lipinski definition) is 6. The van der Waals surface area contributed by atoms with Gasteiger partial charge in [-0.2, -0.15) is 0 Å². The van der Waals surface area contributed by atoms with E-state index in [1.54, 1.807) is 40.0 Å². The van der Waals surface area contributed by atoms with Gasteiger partial charge in [-0.05, 0) is 51.0 Å². The van der Waals surface area contributed by atoms with Gasteiger partial charge in [-0.1, -0.05) is 42.5 Å². The van der Waals surface area contributed by atoms with Gasteiger partial charge in [0.15, 0.2) is 0 Å². The van der Waals surface area contributed by atoms with E-state index in [2.05, 4.69) is 10.6 Å². The zero-order valence-corrected chi connectivity index (χ0v) is 19.7. The third-order valence-corrected chi connectivity index (χ3v) is 4.55. The molecule has 0 saturated heterocycles. The third-order valence-electron chi connectivity index (χ3n) is 4.55. The number of alkyl carbamates (subject to hydrolysis) is 1. The first-order chi connectivity index (χ1) is 15.6. The first kappa shape index (κ1) is 25.7. The van der Waals surface area contributed by atoms with E-state index >= 15 is 0 Å². The van der Waals surface area contributed by atoms with Gasteiger partial charge in [0.1, 0.15) is 30.0 Å². The molecule has 0 fully saturated rings. The van der Waals surface area contributed by atoms with Gasteiger partial charge in [0, 0.05) is 6.42 Å². The molecule has 2 atom stereocenters. The Bertz CT molecular complexity index is 922. The van der Waals surface area contributed by atoms with Crippen molar-refractivity contribution in [3.63, 3.8) is 0 Å². The van der Waals surface area contributed by atoms with Crippen LogP contribution in [0.4, 0.5) is 4.79 Å². The highest BCUT2D eigenvalue weighted by molar-refractivity contribution is 5.89. The van der Waals surface area contributed by atoms with E-state index in [0.717, 1.165) is 11.1 Å². The number of methoxy groups -OCH3 is 1. The minimum atomic E-state index is -0.947. The lowest BCUT2D eigenvalue weighted by molar-refractivity contribution is -0.149. The molecule has 2 N–H and O–H groups in total. The Morgan fingerprint density at radius 3 is 2.12 bits per heavy atom. The van der Waals surface area contributed by atoms with E-state index < -0.39 is 35.7 Å². The maximum atomic E-state index is 12.8. The largest absolute Gasteiger partial charge is 0.497 e. The Balaban J connectivity index is 2.07. The van der Waals surface area contributed by atoms with Crippen molar-refractivity contribution >= 4 is 18.0 Å². The molecule has 8 heteroatoms. The van der Waals surface area contributed by atoms with Crippen LogP contribution in [-0.2, 0) is 32.1 Å². The molecule has 0 radical (unpaired) electrons. The Kier molecular flexibility index (Phi) is 9.27. The fourth-order valence-corrected chi connectivity index (χ4v) is 2.87. The molecule has 0 aromatic heterocycles. The van der Waals surface area contributed by atoms with Gasteiger partial charge in [0.2, 0.25) is 5.91 Å². The van der Waals surface area contributed by atoms with E-state index in [9.17, 15) is 14.4 Å². The van der Waals surface area contributed by atoms with E-state index in [1.165, 1.54) is 6.92 Å². The summed E-state index contributed by atoms with van der Waals surface area (Å²) in [5, 5.41) is 5.16. The van der Waals surface area contributed by atoms with Gasteiger partial charge in [0.25, 0.3) is 0 Å². The zero-order chi connectivity index (χ0) is 24.4. The van der Waals surface area contributed by atoms with Gasteiger partial charge in [-0.3, -0.25) is 4.79 Å². The minimum absolute atomic E-state index is 0.0837. The van der Waals surface area contributed by atoms with E-state index in [-0.39, 0.29) is 13.0 Å². The van der Waals surface area contributed by atoms with Crippen LogP contribution in [0.15, 0.2) is 54.6 Å². The first-order valence-electron chi connectivity index (χ1n) is 10.7. The van der Waals surface area contributed by atoms with E-state index in [0.29, 0.717) is 5.75 Å². The monoisotopic (exact) mass is 456 g/mol. The molecule has 0 aliphatic rings. The maximum absolute atomic E-state index is 12.8. The number of carbonyl (C=O) groups excluding carboxylic acids is 3. The molecule has 0 spiro atoms. The zero-order valence-electron chi connectivity index (χ0n) is 19.7. The fourth-order valence-electron chi connectivity index (χ4n) is 2.87. The highest BCUT2D eigenvalue weighted by atomic mass is 16.6. The topological polar surface area (TPSA) is 103 Å². The molecule has 0 aliphatic carbocycles. The molecule has 33 heavy (non-hydrogen) atoms. The van der Waals surface area contributed by atoms with Crippen LogP contribution in [0.3, 0.4) is 0 Å². The van der Waals surface area contributed by atoms with Crippen molar-refractivity contribution in [2.75, 3.05) is 7.11 Å². The molecule has 0 aliphatic heterocycles. The predicted octanol–water partition coefficient (Wildman–Crippen LogP) is 3.38. The SMILES string of the molecule is COc1ccc(C[C@H](NC(=O)[C@H](C)NC(=O)OC(C)(C)C)C(=O)OCc2ccccc2)cc1. The summed E-state index contributed by atoms with van der Waals surface area (Å²) in [6.07, 6.45) is -0.508. The second-order valence-corrected chi connectivity index (χ2v) is 8.57. The molecule has 2 rings (SSSR count). The third kappa shape index (κ3) is 9.22. The summed E-state index contributed by atoms with van der Waals surface area (Å²) in [4.78, 5) is 37.5. The van der Waals surface area contributed by atoms with Crippen LogP contribution in [0.5, 0.6) is 5.75 Å². The number of ether oxygens (including phenoxy) is 3. The molecule has 8 nitrogen and oxygen atoms in total. The number of nitrogens with one attached hydrogen (secondary N) is 2. The Labute approximate surface area is 194 Å². The molecule has 0 heterocycles. The number of benzene rings is 2. The number of esters is 1. The summed E-state index contributed by atoms with van der Waals surface area (Å²) in [6.45, 7) is 6.78. The lowest BCUT2D eigenvalue weighted by Crippen LogP contribution is -2.52. The van der Waals surface area contributed by atoms with Gasteiger partial charge in [0.05, 0.1) is 7.11 Å². The average molecular weight is 457 g/mol. The molecule has 2 aromatic rings. The van der Waals surface area contributed by atoms with Crippen LogP contribution < -0.4 is 15.4 Å². The van der Waals surface area contributed by atoms with E-state index in [1.807, 2.05) is 42.5 Å². The first-order valence-corrected chi connectivity index (χ1v) is 10.7. The smallest absolute Gasteiger partial charge is 0.408 e. The summed E-state index contributed by atoms with van der Waals surface area (Å²) < 4.78 is 15.8. The normalized spacial score (nSPS) is 12.8. The highest BCUT2D eigenvalue weighted by Gasteiger charge is 2.27. The van der Waals surface area contributed by atoms with Crippen molar-refractivity contribution < 1.29 is 28.6 Å². The van der Waals surface area contributed by atoms with Crippen LogP contribution in [0.25, 0.3) is 0 Å². The van der Waals surface area contributed by atoms with Crippen LogP contribution >= 0.6 is 0 Å². The number of amides is 2. The van der Waals surface area contributed by atoms with Gasteiger partial charge in [-0.25, -0.2) is 9.59 Å². The summed E-state index contributed by atoms with van der Waals surface area (Å²) >= 11 is 0. The number of carbonyl (C=O) groups is 3. The van der Waals surface area contributed by atoms with E-state index in [4.69, 9.17) is 14.2 Å². The second kappa shape index (κ2) is 11.9. The molecular formula is C25H32N2O6. The molecule has 2 aromatic carbocycles. The Morgan fingerprint density at radius 1 is 0.909 bits per heavy atom. The van der Waals surface area contributed by atoms with Crippen LogP contribution in [0.1, 0.15) is 38.8 Å². The number of hydrogen-bond donors (Lipinski definition) is 2. The molecule has 0 saturated carbocycles. The Morgan fingerprint density at radius 2 is 1.55 bits per heavy atom. The van der Waals surface area contributed by atoms with Gasteiger partial charge in [-0.15, -0.1) is 0 Å². The van der Waals surface area contributed by atoms with Crippen LogP contribution in [0.2, 0.25) is 0 Å². The fraction of sp³-hybridized carbons (Fsp3) is 0.400. The maximum Gasteiger partial charge on any atom is 0.408 e. The molecular weight excluding hydrogens is 424 g/mol. The predicted molar refractivity (Wildman–Crippen MR) is 124 cm³/mol. The van der Waals surface area contributed by atoms with Gasteiger partial charge < -0.3 is 24.8 Å². The minimum Gasteiger partial charge on any atom is -0.497 e. The number of rotatable bonds is 9. The van der Waals surface area contributed by atoms with Crippen molar-refractivity contribution in [3.8, 4) is 5.75 Å². The van der Waals surface area contributed by atoms with Crippen LogP contribution in [-0.4, -0.2) is 42.8 Å². The summed E-state index contributed by atoms with van der Waals surface area (Å²) in [5.41, 5.74) is 0.948. The summed E-state index contributed by atoms with van der Waals surface area (Å²) in [6, 6.07) is 14.6. The molecule has 2 amide bonds. The summed E-state index contributed by atoms with van der Waals surface area (Å²) in [5.74, 6) is -0.426. The van der Waals surface area contributed by atoms with Crippen molar-refractivity contribution in [1.29, 1.82) is 0 Å². The average Bonchev–Trinajstić information content (AvgIpc) is 2.76. The molecule has 0 unspecified atom stereocenters. The molecule has 0 bridgehead atoms. The Hall–Kier alpha value is -3.55. The second-order valence-electron chi connectivity index (χ2n) is 8.57. The van der Waals surface area contributed by atoms with Crippen molar-refractivity contribution in [2.24, 2.45) is 0 Å². The van der Waals surface area contributed by atoms with Gasteiger partial charge >= 0.3 is 12.1 Å². The quantitative estimate of drug-likeness (QED) is 0.561. The standard InChI is InChI=1S/C25H32N2O6/c1-17(26-24(30)33-25(2,3)4)22(28)27-21(15-18-11-13-20(31-5)14-12-18)23(29)32-16-19-9-7-6-8-10-19/h6-14,17,21H,15-16H2,1-5H3,(H,26,30)(H,27,28)/t17-,21-/m0/s1. The van der Waals surface area contributed by atoms with Crippen molar-refractivity contribution in [1.82, 2.24) is 10.6 Å². The lowest BCUT2D eigenvalue weighted by atomic mass is 10.1. The van der Waals surface area contributed by atoms with Crippen LogP contribution in [0, 0.1) is 0 Å². The highest BCUT2D eigenvalue weighted by Crippen LogP contribution is 2.14.